The summed E-state index contributed by atoms with van der Waals surface area (Å²) in [5.41, 5.74) is -2.68. The van der Waals surface area contributed by atoms with Gasteiger partial charge in [0.2, 0.25) is 5.82 Å². The molecule has 15 heavy (non-hydrogen) atoms. The Morgan fingerprint density at radius 1 is 0.667 bits per heavy atom. The lowest BCUT2D eigenvalue weighted by Crippen LogP contribution is -2.19. The topological polar surface area (TPSA) is 19.9 Å². The molecule has 0 aliphatic heterocycles. The van der Waals surface area contributed by atoms with E-state index in [4.69, 9.17) is 0 Å². The van der Waals surface area contributed by atoms with Crippen molar-refractivity contribution in [2.24, 2.45) is 0 Å². The molecule has 0 aromatic heterocycles. The van der Waals surface area contributed by atoms with Crippen molar-refractivity contribution in [2.75, 3.05) is 0 Å². The molecule has 1 rings (SSSR count). The van der Waals surface area contributed by atoms with Crippen LogP contribution in [0.15, 0.2) is 0 Å². The van der Waals surface area contributed by atoms with Crippen LogP contribution in [0.1, 0.15) is 5.56 Å². The third-order valence-electron chi connectivity index (χ3n) is 1.50. The molecule has 0 aliphatic carbocycles. The van der Waals surface area contributed by atoms with Gasteiger partial charge in [-0.15, -0.1) is 0 Å². The second-order valence-electron chi connectivity index (χ2n) is 2.46. The molecule has 1 nitrogen and oxygen atoms in total. The molecule has 1 aromatic rings. The summed E-state index contributed by atoms with van der Waals surface area (Å²) < 4.78 is 85.9. The molecule has 0 saturated carbocycles. The van der Waals surface area contributed by atoms with Gasteiger partial charge in [-0.05, 0) is 0 Å². The van der Waals surface area contributed by atoms with Crippen LogP contribution in [-0.4, -0.2) is 0 Å². The molecule has 0 fully saturated rings. The maximum Gasteiger partial charge on any atom is 0.414 e. The maximum atomic E-state index is 12.5. The summed E-state index contributed by atoms with van der Waals surface area (Å²) in [4.78, 5) is 0. The van der Waals surface area contributed by atoms with Gasteiger partial charge in [0.25, 0.3) is 0 Å². The zero-order valence-corrected chi connectivity index (χ0v) is 6.55. The van der Waals surface area contributed by atoms with E-state index >= 15 is 0 Å². The molecule has 0 amide bonds. The van der Waals surface area contributed by atoms with Crippen LogP contribution in [0.4, 0.5) is 30.7 Å². The summed E-state index contributed by atoms with van der Waals surface area (Å²) in [5.74, 6) is -13.4. The van der Waals surface area contributed by atoms with E-state index in [9.17, 15) is 35.8 Å². The van der Waals surface area contributed by atoms with Gasteiger partial charge in [-0.25, -0.2) is 22.0 Å². The maximum absolute atomic E-state index is 12.5. The highest BCUT2D eigenvalue weighted by Crippen LogP contribution is 2.33. The summed E-state index contributed by atoms with van der Waals surface area (Å²) in [7, 11) is 0. The first kappa shape index (κ1) is 11.8. The van der Waals surface area contributed by atoms with Crippen LogP contribution in [0.5, 0.6) is 0 Å². The predicted molar refractivity (Wildman–Crippen MR) is 30.8 cm³/mol. The van der Waals surface area contributed by atoms with E-state index in [1.807, 2.05) is 0 Å². The van der Waals surface area contributed by atoms with E-state index < -0.39 is 40.8 Å². The fourth-order valence-corrected chi connectivity index (χ4v) is 0.860. The monoisotopic (exact) mass is 233 g/mol. The van der Waals surface area contributed by atoms with Crippen LogP contribution >= 0.6 is 0 Å². The van der Waals surface area contributed by atoms with E-state index in [0.29, 0.717) is 0 Å². The van der Waals surface area contributed by atoms with Gasteiger partial charge >= 0.3 is 6.11 Å². The number of rotatable bonds is 1. The van der Waals surface area contributed by atoms with E-state index in [0.717, 1.165) is 0 Å². The molecule has 1 radical (unpaired) electrons. The zero-order chi connectivity index (χ0) is 12.0. The molecule has 0 atom stereocenters. The number of halogens is 7. The van der Waals surface area contributed by atoms with Crippen molar-refractivity contribution >= 4 is 0 Å². The van der Waals surface area contributed by atoms with Crippen LogP contribution in [-0.2, 0) is 11.2 Å². The number of hydrogen-bond donors (Lipinski definition) is 0. The average molecular weight is 233 g/mol. The third-order valence-corrected chi connectivity index (χ3v) is 1.50. The Morgan fingerprint density at radius 3 is 1.20 bits per heavy atom. The number of benzene rings is 1. The van der Waals surface area contributed by atoms with Crippen LogP contribution in [0.3, 0.4) is 0 Å². The Bertz CT molecular complexity index is 380. The molecule has 0 heterocycles. The first-order valence-corrected chi connectivity index (χ1v) is 3.28. The van der Waals surface area contributed by atoms with Crippen molar-refractivity contribution in [2.45, 2.75) is 6.11 Å². The van der Waals surface area contributed by atoms with Crippen molar-refractivity contribution in [1.82, 2.24) is 0 Å². The van der Waals surface area contributed by atoms with E-state index in [1.165, 1.54) is 0 Å². The molecule has 0 aliphatic rings. The van der Waals surface area contributed by atoms with Crippen molar-refractivity contribution in [3.63, 3.8) is 0 Å². The van der Waals surface area contributed by atoms with Gasteiger partial charge in [-0.2, -0.15) is 13.9 Å². The molecule has 83 valence electrons. The Labute approximate surface area is 77.7 Å². The molecule has 0 bridgehead atoms. The molecule has 0 spiro atoms. The first-order chi connectivity index (χ1) is 6.68. The van der Waals surface area contributed by atoms with Gasteiger partial charge in [0.1, 0.15) is 5.56 Å². The van der Waals surface area contributed by atoms with Crippen LogP contribution in [0.25, 0.3) is 0 Å². The fourth-order valence-electron chi connectivity index (χ4n) is 0.860. The van der Waals surface area contributed by atoms with E-state index in [-0.39, 0.29) is 0 Å². The summed E-state index contributed by atoms with van der Waals surface area (Å²) in [6.45, 7) is 0. The lowest BCUT2D eigenvalue weighted by molar-refractivity contribution is -0.256. The highest BCUT2D eigenvalue weighted by atomic mass is 19.3. The van der Waals surface area contributed by atoms with Crippen LogP contribution < -0.4 is 0 Å². The molecular formula is C7F7O. The predicted octanol–water partition coefficient (Wildman–Crippen LogP) is 2.86. The van der Waals surface area contributed by atoms with E-state index in [2.05, 4.69) is 0 Å². The van der Waals surface area contributed by atoms with Crippen molar-refractivity contribution in [3.8, 4) is 0 Å². The largest absolute Gasteiger partial charge is 0.414 e. The van der Waals surface area contributed by atoms with Gasteiger partial charge in [0.05, 0.1) is 0 Å². The minimum atomic E-state index is -5.40. The first-order valence-electron chi connectivity index (χ1n) is 3.28. The van der Waals surface area contributed by atoms with Crippen molar-refractivity contribution in [1.29, 1.82) is 0 Å². The van der Waals surface area contributed by atoms with Crippen LogP contribution in [0, 0.1) is 29.1 Å². The minimum absolute atomic E-state index is 2.60. The Kier molecular flexibility index (Phi) is 2.64. The lowest BCUT2D eigenvalue weighted by Gasteiger charge is -2.10. The highest BCUT2D eigenvalue weighted by Gasteiger charge is 2.42. The Hall–Kier alpha value is -1.31. The second kappa shape index (κ2) is 3.37. The molecule has 0 unspecified atom stereocenters. The average Bonchev–Trinajstić information content (AvgIpc) is 2.09. The summed E-state index contributed by atoms with van der Waals surface area (Å²) in [5, 5.41) is 9.89. The second-order valence-corrected chi connectivity index (χ2v) is 2.46. The van der Waals surface area contributed by atoms with Gasteiger partial charge in [-0.1, -0.05) is 0 Å². The van der Waals surface area contributed by atoms with Gasteiger partial charge in [0, 0.05) is 0 Å². The van der Waals surface area contributed by atoms with Crippen molar-refractivity contribution in [3.05, 3.63) is 34.6 Å². The summed E-state index contributed by atoms with van der Waals surface area (Å²) >= 11 is 0. The van der Waals surface area contributed by atoms with Crippen LogP contribution in [0.2, 0.25) is 0 Å². The Morgan fingerprint density at radius 2 is 0.933 bits per heavy atom. The SMILES string of the molecule is [O]C(F)(F)c1c(F)c(F)c(F)c(F)c1F. The molecular weight excluding hydrogens is 233 g/mol. The molecule has 0 saturated heterocycles. The molecule has 1 aromatic carbocycles. The highest BCUT2D eigenvalue weighted by molar-refractivity contribution is 5.26. The standard InChI is InChI=1S/C7F7O/c8-2-1(7(13,14)15)3(9)5(11)6(12)4(2)10. The lowest BCUT2D eigenvalue weighted by atomic mass is 10.1. The minimum Gasteiger partial charge on any atom is -0.203 e. The van der Waals surface area contributed by atoms with Gasteiger partial charge in [-0.3, -0.25) is 0 Å². The van der Waals surface area contributed by atoms with Gasteiger partial charge < -0.3 is 0 Å². The quantitative estimate of drug-likeness (QED) is 0.403. The number of hydrogen-bond acceptors (Lipinski definition) is 0. The smallest absolute Gasteiger partial charge is 0.203 e. The van der Waals surface area contributed by atoms with Gasteiger partial charge in [0.15, 0.2) is 23.3 Å². The van der Waals surface area contributed by atoms with E-state index in [1.54, 1.807) is 0 Å². The Balaban J connectivity index is 3.68. The fraction of sp³-hybridized carbons (Fsp3) is 0.143. The summed E-state index contributed by atoms with van der Waals surface area (Å²) in [6, 6.07) is 0. The third kappa shape index (κ3) is 1.76. The normalized spacial score (nSPS) is 12.0. The molecule has 8 heteroatoms. The van der Waals surface area contributed by atoms with Crippen molar-refractivity contribution < 1.29 is 35.8 Å². The zero-order valence-electron chi connectivity index (χ0n) is 6.55. The summed E-state index contributed by atoms with van der Waals surface area (Å²) in [6.07, 6.45) is -5.40. The number of alkyl halides is 2. The molecule has 0 N–H and O–H groups in total.